The van der Waals surface area contributed by atoms with Crippen molar-refractivity contribution in [3.63, 3.8) is 0 Å². The number of aromatic nitrogens is 3. The summed E-state index contributed by atoms with van der Waals surface area (Å²) in [6, 6.07) is 33.5. The Morgan fingerprint density at radius 2 is 0.847 bits per heavy atom. The molecule has 4 heterocycles. The number of hydrogen-bond donors (Lipinski definition) is 0. The molecule has 4 aromatic heterocycles. The van der Waals surface area contributed by atoms with E-state index >= 15 is 0 Å². The molecule has 5 nitrogen and oxygen atoms in total. The van der Waals surface area contributed by atoms with E-state index < -0.39 is 0 Å². The lowest BCUT2D eigenvalue weighted by Gasteiger charge is -2.33. The van der Waals surface area contributed by atoms with Crippen molar-refractivity contribution >= 4 is 67.2 Å². The molecule has 8 heteroatoms. The van der Waals surface area contributed by atoms with Crippen LogP contribution in [0.5, 0.6) is 11.5 Å². The summed E-state index contributed by atoms with van der Waals surface area (Å²) in [5.74, 6) is 1.74. The second kappa shape index (κ2) is 36.5. The van der Waals surface area contributed by atoms with Gasteiger partial charge in [0, 0.05) is 53.8 Å². The zero-order valence-electron chi connectivity index (χ0n) is 62.5. The molecule has 528 valence electrons. The van der Waals surface area contributed by atoms with Crippen molar-refractivity contribution in [3.8, 4) is 65.1 Å². The highest BCUT2D eigenvalue weighted by Gasteiger charge is 2.45. The van der Waals surface area contributed by atoms with E-state index in [2.05, 4.69) is 151 Å². The molecule has 0 aliphatic heterocycles. The Balaban J connectivity index is 1.10. The average Bonchev–Trinajstić information content (AvgIpc) is 1.53. The van der Waals surface area contributed by atoms with E-state index in [1.54, 1.807) is 22.3 Å². The highest BCUT2D eigenvalue weighted by atomic mass is 32.1. The third-order valence-corrected chi connectivity index (χ3v) is 25.6. The van der Waals surface area contributed by atoms with Crippen molar-refractivity contribution in [1.29, 1.82) is 0 Å². The molecular weight excluding hydrogens is 1250 g/mol. The Morgan fingerprint density at radius 3 is 1.36 bits per heavy atom. The van der Waals surface area contributed by atoms with Gasteiger partial charge in [0.25, 0.3) is 0 Å². The number of thiophene rings is 2. The summed E-state index contributed by atoms with van der Waals surface area (Å²) in [6.45, 7) is 23.4. The predicted molar refractivity (Wildman–Crippen MR) is 431 cm³/mol. The first-order valence-corrected chi connectivity index (χ1v) is 42.9. The van der Waals surface area contributed by atoms with Crippen LogP contribution in [0.15, 0.2) is 84.2 Å². The van der Waals surface area contributed by atoms with Gasteiger partial charge in [0.1, 0.15) is 11.0 Å². The maximum absolute atomic E-state index is 7.37. The molecule has 98 heavy (non-hydrogen) atoms. The number of hydrogen-bond acceptors (Lipinski definition) is 7. The number of rotatable bonds is 46. The van der Waals surface area contributed by atoms with Gasteiger partial charge in [0.05, 0.1) is 36.1 Å². The first-order valence-electron chi connectivity index (χ1n) is 40.5. The van der Waals surface area contributed by atoms with Gasteiger partial charge in [-0.25, -0.2) is 0 Å². The van der Waals surface area contributed by atoms with Gasteiger partial charge in [-0.2, -0.15) is 8.75 Å². The first-order chi connectivity index (χ1) is 48.3. The standard InChI is InChI=1S/C90H123N3O2S3/c1-10-19-27-35-45-65-57-80(96-64-65)82-84-85(92-98-91-84)83(87(95-56-44-34-26-17-8)86(82)94-55-43-33-25-16-7)81-59-66(46-36-28-20-11-2)88(97-81)67-49-50-69-71-63-79-73(61-77(71)90(75(69)58-67,53-41-31-23-14-5)54-42-32-24-15-6)72-60-76-70(62-78(72)93(79)18-9)68-47-37-38-48-74(68)89(76,51-39-29-21-12-3)52-40-30-22-13-4/h37-38,47-50,57-64H,10-36,39-46,51-56H2,1-9H3. The molecule has 5 aromatic carbocycles. The molecule has 2 aliphatic carbocycles. The van der Waals surface area contributed by atoms with Crippen LogP contribution in [0, 0.1) is 0 Å². The number of nitrogens with zero attached hydrogens (tertiary/aromatic N) is 3. The minimum absolute atomic E-state index is 0.0332. The maximum Gasteiger partial charge on any atom is 0.172 e. The van der Waals surface area contributed by atoms with Gasteiger partial charge in [0.15, 0.2) is 11.5 Å². The monoisotopic (exact) mass is 1370 g/mol. The molecule has 0 amide bonds. The highest BCUT2D eigenvalue weighted by Crippen LogP contribution is 2.61. The number of fused-ring (bicyclic) bond motifs is 10. The Kier molecular flexibility index (Phi) is 27.6. The molecule has 0 radical (unpaired) electrons. The van der Waals surface area contributed by atoms with Crippen molar-refractivity contribution in [3.05, 3.63) is 118 Å². The zero-order valence-corrected chi connectivity index (χ0v) is 64.9. The normalized spacial score (nSPS) is 13.6. The van der Waals surface area contributed by atoms with E-state index in [-0.39, 0.29) is 10.8 Å². The van der Waals surface area contributed by atoms with Crippen LogP contribution in [0.3, 0.4) is 0 Å². The van der Waals surface area contributed by atoms with Gasteiger partial charge in [0.2, 0.25) is 0 Å². The summed E-state index contributed by atoms with van der Waals surface area (Å²) in [4.78, 5) is 3.84. The van der Waals surface area contributed by atoms with Gasteiger partial charge in [-0.05, 0) is 180 Å². The van der Waals surface area contributed by atoms with E-state index in [1.807, 2.05) is 22.7 Å². The van der Waals surface area contributed by atoms with Crippen molar-refractivity contribution in [2.24, 2.45) is 0 Å². The lowest BCUT2D eigenvalue weighted by molar-refractivity contribution is 0.261. The molecule has 0 unspecified atom stereocenters. The van der Waals surface area contributed by atoms with E-state index in [0.717, 1.165) is 78.7 Å². The van der Waals surface area contributed by atoms with E-state index in [0.29, 0.717) is 13.2 Å². The van der Waals surface area contributed by atoms with Gasteiger partial charge >= 0.3 is 0 Å². The van der Waals surface area contributed by atoms with Crippen LogP contribution in [0.2, 0.25) is 0 Å². The third kappa shape index (κ3) is 16.0. The van der Waals surface area contributed by atoms with E-state index in [1.165, 1.54) is 293 Å². The van der Waals surface area contributed by atoms with Gasteiger partial charge in [-0.1, -0.05) is 272 Å². The molecule has 0 saturated carbocycles. The average molecular weight is 1380 g/mol. The third-order valence-electron chi connectivity index (χ3n) is 22.8. The highest BCUT2D eigenvalue weighted by molar-refractivity contribution is 7.19. The Morgan fingerprint density at radius 1 is 0.398 bits per heavy atom. The van der Waals surface area contributed by atoms with E-state index in [9.17, 15) is 0 Å². The Labute approximate surface area is 605 Å². The zero-order chi connectivity index (χ0) is 68.3. The van der Waals surface area contributed by atoms with Crippen molar-refractivity contribution < 1.29 is 9.47 Å². The number of ether oxygens (including phenoxy) is 2. The van der Waals surface area contributed by atoms with Crippen LogP contribution in [0.4, 0.5) is 0 Å². The molecule has 0 spiro atoms. The maximum atomic E-state index is 7.37. The Bertz CT molecular complexity index is 3960. The molecular formula is C90H123N3O2S3. The molecule has 11 rings (SSSR count). The largest absolute Gasteiger partial charge is 0.489 e. The topological polar surface area (TPSA) is 49.2 Å². The van der Waals surface area contributed by atoms with Crippen molar-refractivity contribution in [2.75, 3.05) is 13.2 Å². The summed E-state index contributed by atoms with van der Waals surface area (Å²) in [7, 11) is 0. The van der Waals surface area contributed by atoms with Crippen LogP contribution in [0.25, 0.3) is 86.4 Å². The summed E-state index contributed by atoms with van der Waals surface area (Å²) in [6.07, 6.45) is 46.4. The molecule has 0 saturated heterocycles. The summed E-state index contributed by atoms with van der Waals surface area (Å²) in [5, 5.41) is 5.32. The second-order valence-electron chi connectivity index (χ2n) is 29.9. The van der Waals surface area contributed by atoms with Gasteiger partial charge in [-0.3, -0.25) is 0 Å². The van der Waals surface area contributed by atoms with Crippen LogP contribution < -0.4 is 9.47 Å². The fraction of sp³-hybridized carbons (Fsp3) is 0.578. The molecule has 9 aromatic rings. The van der Waals surface area contributed by atoms with Gasteiger partial charge < -0.3 is 14.0 Å². The smallest absolute Gasteiger partial charge is 0.172 e. The van der Waals surface area contributed by atoms with E-state index in [4.69, 9.17) is 18.2 Å². The molecule has 2 aliphatic rings. The fourth-order valence-corrected chi connectivity index (χ4v) is 20.3. The number of benzene rings is 5. The summed E-state index contributed by atoms with van der Waals surface area (Å²) < 4.78 is 28.0. The van der Waals surface area contributed by atoms with Crippen molar-refractivity contribution in [2.45, 2.75) is 324 Å². The lowest BCUT2D eigenvalue weighted by Crippen LogP contribution is -2.25. The minimum Gasteiger partial charge on any atom is -0.489 e. The molecule has 0 bridgehead atoms. The minimum atomic E-state index is -0.110. The van der Waals surface area contributed by atoms with Crippen LogP contribution >= 0.6 is 34.4 Å². The van der Waals surface area contributed by atoms with Crippen molar-refractivity contribution in [1.82, 2.24) is 13.3 Å². The van der Waals surface area contributed by atoms with Crippen LogP contribution in [0.1, 0.15) is 327 Å². The predicted octanol–water partition coefficient (Wildman–Crippen LogP) is 29.5. The van der Waals surface area contributed by atoms with Gasteiger partial charge in [-0.15, -0.1) is 22.7 Å². The quantitative estimate of drug-likeness (QED) is 0.0357. The molecule has 0 atom stereocenters. The summed E-state index contributed by atoms with van der Waals surface area (Å²) >= 11 is 5.17. The fourth-order valence-electron chi connectivity index (χ4n) is 17.5. The molecule has 0 fully saturated rings. The second-order valence-corrected chi connectivity index (χ2v) is 32.4. The SMILES string of the molecule is CCCCCCOc1c(OCCCCCC)c(-c2cc(CCCCCC)c(-c3ccc4c(c3)C(CCCCCC)(CCCCCC)c3cc5c6cc7c(cc6n(CC)c5cc3-4)-c3ccccc3C7(CCCCCC)CCCCCC)s2)c2nsnc2c1-c1cc(CCCCCC)cs1. The molecule has 0 N–H and O–H groups in total. The number of aryl methyl sites for hydroxylation is 3. The van der Waals surface area contributed by atoms with Crippen LogP contribution in [-0.2, 0) is 30.2 Å². The summed E-state index contributed by atoms with van der Waals surface area (Å²) in [5.41, 5.74) is 23.3. The first kappa shape index (κ1) is 73.9. The van der Waals surface area contributed by atoms with Crippen LogP contribution in [-0.4, -0.2) is 26.5 Å². The Hall–Kier alpha value is -5.28. The lowest BCUT2D eigenvalue weighted by atomic mass is 9.70. The number of unbranched alkanes of at least 4 members (excludes halogenated alkanes) is 24.